The molecule has 0 radical (unpaired) electrons. The van der Waals surface area contributed by atoms with Gasteiger partial charge in [-0.3, -0.25) is 14.6 Å². The van der Waals surface area contributed by atoms with Gasteiger partial charge in [-0.2, -0.15) is 5.10 Å². The third-order valence-electron chi connectivity index (χ3n) is 3.71. The summed E-state index contributed by atoms with van der Waals surface area (Å²) in [6.45, 7) is 2.83. The molecule has 0 saturated carbocycles. The van der Waals surface area contributed by atoms with Crippen LogP contribution in [0.3, 0.4) is 0 Å². The first-order chi connectivity index (χ1) is 9.28. The van der Waals surface area contributed by atoms with Crippen molar-refractivity contribution in [2.75, 3.05) is 6.54 Å². The standard InChI is InChI=1S/C14H18N4O/c1-17-14-4-7-18(8-11-2-5-15-6-3-11)9-12(14)13(10-19)16-17/h2-3,5-6,19H,4,7-10H2,1H3. The summed E-state index contributed by atoms with van der Waals surface area (Å²) in [5.41, 5.74) is 4.55. The molecule has 0 spiro atoms. The Bertz CT molecular complexity index is 564. The second-order valence-electron chi connectivity index (χ2n) is 4.97. The first kappa shape index (κ1) is 12.3. The predicted octanol–water partition coefficient (Wildman–Crippen LogP) is 0.866. The van der Waals surface area contributed by atoms with Gasteiger partial charge in [-0.05, 0) is 17.7 Å². The number of aliphatic hydroxyl groups excluding tert-OH is 1. The molecule has 5 nitrogen and oxygen atoms in total. The second kappa shape index (κ2) is 5.11. The minimum Gasteiger partial charge on any atom is -0.390 e. The highest BCUT2D eigenvalue weighted by molar-refractivity contribution is 5.28. The van der Waals surface area contributed by atoms with E-state index >= 15 is 0 Å². The molecule has 0 atom stereocenters. The Labute approximate surface area is 112 Å². The lowest BCUT2D eigenvalue weighted by Crippen LogP contribution is -2.30. The Morgan fingerprint density at radius 3 is 2.84 bits per heavy atom. The Kier molecular flexibility index (Phi) is 3.31. The summed E-state index contributed by atoms with van der Waals surface area (Å²) in [6, 6.07) is 4.09. The number of pyridine rings is 1. The van der Waals surface area contributed by atoms with E-state index in [-0.39, 0.29) is 6.61 Å². The normalized spacial score (nSPS) is 15.5. The van der Waals surface area contributed by atoms with Gasteiger partial charge in [-0.1, -0.05) is 0 Å². The van der Waals surface area contributed by atoms with E-state index in [0.717, 1.165) is 31.7 Å². The van der Waals surface area contributed by atoms with E-state index in [1.165, 1.54) is 16.8 Å². The number of fused-ring (bicyclic) bond motifs is 1. The van der Waals surface area contributed by atoms with E-state index in [4.69, 9.17) is 0 Å². The van der Waals surface area contributed by atoms with Crippen LogP contribution in [-0.4, -0.2) is 31.3 Å². The van der Waals surface area contributed by atoms with Crippen LogP contribution >= 0.6 is 0 Å². The molecule has 1 N–H and O–H groups in total. The van der Waals surface area contributed by atoms with Crippen LogP contribution in [0.15, 0.2) is 24.5 Å². The van der Waals surface area contributed by atoms with Gasteiger partial charge in [0.15, 0.2) is 0 Å². The Balaban J connectivity index is 1.78. The number of aliphatic hydroxyl groups is 1. The van der Waals surface area contributed by atoms with E-state index in [9.17, 15) is 5.11 Å². The number of nitrogens with zero attached hydrogens (tertiary/aromatic N) is 4. The Morgan fingerprint density at radius 2 is 2.11 bits per heavy atom. The summed E-state index contributed by atoms with van der Waals surface area (Å²) >= 11 is 0. The highest BCUT2D eigenvalue weighted by Gasteiger charge is 2.23. The topological polar surface area (TPSA) is 54.2 Å². The molecule has 0 bridgehead atoms. The molecular weight excluding hydrogens is 240 g/mol. The van der Waals surface area contributed by atoms with Gasteiger partial charge >= 0.3 is 0 Å². The lowest BCUT2D eigenvalue weighted by atomic mass is 10.0. The number of rotatable bonds is 3. The van der Waals surface area contributed by atoms with Crippen LogP contribution in [-0.2, 0) is 33.2 Å². The maximum Gasteiger partial charge on any atom is 0.0926 e. The highest BCUT2D eigenvalue weighted by Crippen LogP contribution is 2.23. The fourth-order valence-corrected chi connectivity index (χ4v) is 2.73. The van der Waals surface area contributed by atoms with Crippen molar-refractivity contribution in [3.63, 3.8) is 0 Å². The van der Waals surface area contributed by atoms with Crippen LogP contribution in [0, 0.1) is 0 Å². The average molecular weight is 258 g/mol. The SMILES string of the molecule is Cn1nc(CO)c2c1CCN(Cc1ccncc1)C2. The zero-order chi connectivity index (χ0) is 13.2. The van der Waals surface area contributed by atoms with Crippen LogP contribution in [0.5, 0.6) is 0 Å². The van der Waals surface area contributed by atoms with Gasteiger partial charge in [0.1, 0.15) is 0 Å². The van der Waals surface area contributed by atoms with Crippen LogP contribution in [0.4, 0.5) is 0 Å². The quantitative estimate of drug-likeness (QED) is 0.887. The summed E-state index contributed by atoms with van der Waals surface area (Å²) in [7, 11) is 1.95. The smallest absolute Gasteiger partial charge is 0.0926 e. The molecule has 0 fully saturated rings. The van der Waals surface area contributed by atoms with Gasteiger partial charge < -0.3 is 5.11 Å². The van der Waals surface area contributed by atoms with Crippen LogP contribution in [0.25, 0.3) is 0 Å². The Hall–Kier alpha value is -1.72. The van der Waals surface area contributed by atoms with E-state index in [1.54, 1.807) is 0 Å². The largest absolute Gasteiger partial charge is 0.390 e. The van der Waals surface area contributed by atoms with Crippen LogP contribution in [0.2, 0.25) is 0 Å². The van der Waals surface area contributed by atoms with E-state index in [0.29, 0.717) is 0 Å². The first-order valence-corrected chi connectivity index (χ1v) is 6.53. The lowest BCUT2D eigenvalue weighted by molar-refractivity contribution is 0.236. The average Bonchev–Trinajstić information content (AvgIpc) is 2.76. The zero-order valence-corrected chi connectivity index (χ0v) is 11.1. The second-order valence-corrected chi connectivity index (χ2v) is 4.97. The van der Waals surface area contributed by atoms with Gasteiger partial charge in [0.25, 0.3) is 0 Å². The van der Waals surface area contributed by atoms with Crippen molar-refractivity contribution in [2.45, 2.75) is 26.1 Å². The third kappa shape index (κ3) is 2.39. The molecule has 3 heterocycles. The van der Waals surface area contributed by atoms with Gasteiger partial charge in [-0.15, -0.1) is 0 Å². The summed E-state index contributed by atoms with van der Waals surface area (Å²) < 4.78 is 1.91. The molecule has 3 rings (SSSR count). The lowest BCUT2D eigenvalue weighted by Gasteiger charge is -2.27. The Morgan fingerprint density at radius 1 is 1.32 bits per heavy atom. The fourth-order valence-electron chi connectivity index (χ4n) is 2.73. The minimum atomic E-state index is 0.0201. The molecule has 0 unspecified atom stereocenters. The van der Waals surface area contributed by atoms with Crippen molar-refractivity contribution >= 4 is 0 Å². The predicted molar refractivity (Wildman–Crippen MR) is 71.2 cm³/mol. The van der Waals surface area contributed by atoms with Gasteiger partial charge in [0.05, 0.1) is 12.3 Å². The van der Waals surface area contributed by atoms with Crippen molar-refractivity contribution in [1.29, 1.82) is 0 Å². The van der Waals surface area contributed by atoms with Gasteiger partial charge in [-0.25, -0.2) is 0 Å². The molecule has 100 valence electrons. The third-order valence-corrected chi connectivity index (χ3v) is 3.71. The van der Waals surface area contributed by atoms with Crippen LogP contribution in [0.1, 0.15) is 22.5 Å². The summed E-state index contributed by atoms with van der Waals surface area (Å²) in [5.74, 6) is 0. The molecule has 0 amide bonds. The molecule has 0 saturated heterocycles. The molecule has 2 aromatic heterocycles. The summed E-state index contributed by atoms with van der Waals surface area (Å²) in [4.78, 5) is 6.43. The molecule has 5 heteroatoms. The van der Waals surface area contributed by atoms with Crippen molar-refractivity contribution < 1.29 is 5.11 Å². The van der Waals surface area contributed by atoms with E-state index < -0.39 is 0 Å². The van der Waals surface area contributed by atoms with E-state index in [2.05, 4.69) is 15.0 Å². The molecule has 1 aliphatic heterocycles. The highest BCUT2D eigenvalue weighted by atomic mass is 16.3. The van der Waals surface area contributed by atoms with Crippen LogP contribution < -0.4 is 0 Å². The van der Waals surface area contributed by atoms with Crippen molar-refractivity contribution in [1.82, 2.24) is 19.7 Å². The minimum absolute atomic E-state index is 0.0201. The van der Waals surface area contributed by atoms with Crippen molar-refractivity contribution in [3.05, 3.63) is 47.0 Å². The zero-order valence-electron chi connectivity index (χ0n) is 11.1. The number of hydrogen-bond acceptors (Lipinski definition) is 4. The monoisotopic (exact) mass is 258 g/mol. The summed E-state index contributed by atoms with van der Waals surface area (Å²) in [6.07, 6.45) is 4.64. The molecule has 1 aliphatic rings. The molecule has 0 aliphatic carbocycles. The summed E-state index contributed by atoms with van der Waals surface area (Å²) in [5, 5.41) is 13.8. The maximum atomic E-state index is 9.38. The fraction of sp³-hybridized carbons (Fsp3) is 0.429. The molecule has 19 heavy (non-hydrogen) atoms. The molecule has 0 aromatic carbocycles. The molecule has 2 aromatic rings. The number of hydrogen-bond donors (Lipinski definition) is 1. The number of aromatic nitrogens is 3. The van der Waals surface area contributed by atoms with Gasteiger partial charge in [0, 0.05) is 56.8 Å². The first-order valence-electron chi connectivity index (χ1n) is 6.53. The van der Waals surface area contributed by atoms with Crippen molar-refractivity contribution in [2.24, 2.45) is 7.05 Å². The molecular formula is C14H18N4O. The van der Waals surface area contributed by atoms with Gasteiger partial charge in [0.2, 0.25) is 0 Å². The van der Waals surface area contributed by atoms with E-state index in [1.807, 2.05) is 36.3 Å². The number of aryl methyl sites for hydroxylation is 1. The maximum absolute atomic E-state index is 9.38. The van der Waals surface area contributed by atoms with Crippen molar-refractivity contribution in [3.8, 4) is 0 Å².